The molecular weight excluding hydrogens is 432 g/mol. The Hall–Kier alpha value is -0.120. The maximum absolute atomic E-state index is 3.83. The smallest absolute Gasteiger partial charge is 0.0655 e. The first-order valence-corrected chi connectivity index (χ1v) is 8.86. The minimum absolute atomic E-state index is 0.237. The van der Waals surface area contributed by atoms with Crippen LogP contribution in [0.25, 0.3) is 0 Å². The highest BCUT2D eigenvalue weighted by atomic mass is 79.9. The molecule has 0 spiro atoms. The van der Waals surface area contributed by atoms with Crippen LogP contribution in [0.3, 0.4) is 0 Å². The standard InChI is InChI=1S/C16H13Br3/c17-13-6-7-14(15(18)9-13)16(19)12-5-4-10-2-1-3-11(10)8-12/h4-9,16H,1-3H2. The van der Waals surface area contributed by atoms with Crippen LogP contribution in [0.15, 0.2) is 45.3 Å². The third-order valence-electron chi connectivity index (χ3n) is 3.65. The van der Waals surface area contributed by atoms with E-state index in [2.05, 4.69) is 84.2 Å². The zero-order chi connectivity index (χ0) is 13.4. The van der Waals surface area contributed by atoms with Gasteiger partial charge in [-0.15, -0.1) is 0 Å². The van der Waals surface area contributed by atoms with E-state index in [1.54, 1.807) is 0 Å². The molecule has 0 radical (unpaired) electrons. The van der Waals surface area contributed by atoms with Crippen LogP contribution in [0.4, 0.5) is 0 Å². The summed E-state index contributed by atoms with van der Waals surface area (Å²) in [6.45, 7) is 0. The zero-order valence-electron chi connectivity index (χ0n) is 10.3. The average Bonchev–Trinajstić information content (AvgIpc) is 2.85. The van der Waals surface area contributed by atoms with Crippen molar-refractivity contribution in [3.8, 4) is 0 Å². The molecule has 0 aromatic heterocycles. The number of benzene rings is 2. The molecule has 0 amide bonds. The number of fused-ring (bicyclic) bond motifs is 1. The van der Waals surface area contributed by atoms with Gasteiger partial charge >= 0.3 is 0 Å². The molecule has 0 N–H and O–H groups in total. The molecule has 0 saturated heterocycles. The van der Waals surface area contributed by atoms with Gasteiger partial charge in [0.25, 0.3) is 0 Å². The van der Waals surface area contributed by atoms with Crippen molar-refractivity contribution in [3.05, 3.63) is 67.6 Å². The summed E-state index contributed by atoms with van der Waals surface area (Å²) in [4.78, 5) is 0.237. The van der Waals surface area contributed by atoms with Gasteiger partial charge in [0.2, 0.25) is 0 Å². The Kier molecular flexibility index (Phi) is 4.16. The fraction of sp³-hybridized carbons (Fsp3) is 0.250. The van der Waals surface area contributed by atoms with Crippen LogP contribution in [0.2, 0.25) is 0 Å². The van der Waals surface area contributed by atoms with E-state index in [0.29, 0.717) is 0 Å². The van der Waals surface area contributed by atoms with E-state index >= 15 is 0 Å². The Morgan fingerprint density at radius 2 is 1.68 bits per heavy atom. The van der Waals surface area contributed by atoms with Crippen molar-refractivity contribution in [2.24, 2.45) is 0 Å². The molecule has 1 unspecified atom stereocenters. The van der Waals surface area contributed by atoms with E-state index < -0.39 is 0 Å². The molecule has 1 aliphatic carbocycles. The fourth-order valence-electron chi connectivity index (χ4n) is 2.64. The summed E-state index contributed by atoms with van der Waals surface area (Å²) in [5.41, 5.74) is 5.65. The number of aryl methyl sites for hydroxylation is 2. The zero-order valence-corrected chi connectivity index (χ0v) is 15.1. The van der Waals surface area contributed by atoms with Crippen LogP contribution in [0.5, 0.6) is 0 Å². The van der Waals surface area contributed by atoms with Crippen molar-refractivity contribution in [1.82, 2.24) is 0 Å². The summed E-state index contributed by atoms with van der Waals surface area (Å²) >= 11 is 11.0. The lowest BCUT2D eigenvalue weighted by Crippen LogP contribution is -1.96. The molecule has 98 valence electrons. The van der Waals surface area contributed by atoms with Gasteiger partial charge in [-0.1, -0.05) is 72.1 Å². The van der Waals surface area contributed by atoms with Crippen molar-refractivity contribution in [2.75, 3.05) is 0 Å². The Morgan fingerprint density at radius 3 is 2.47 bits per heavy atom. The van der Waals surface area contributed by atoms with Gasteiger partial charge in [0.1, 0.15) is 0 Å². The molecule has 19 heavy (non-hydrogen) atoms. The Balaban J connectivity index is 1.97. The van der Waals surface area contributed by atoms with Crippen LogP contribution in [0.1, 0.15) is 33.5 Å². The number of halogens is 3. The third kappa shape index (κ3) is 2.84. The minimum Gasteiger partial charge on any atom is -0.0786 e. The van der Waals surface area contributed by atoms with Gasteiger partial charge in [-0.25, -0.2) is 0 Å². The molecule has 0 fully saturated rings. The first-order valence-electron chi connectivity index (χ1n) is 6.36. The average molecular weight is 445 g/mol. The van der Waals surface area contributed by atoms with Crippen molar-refractivity contribution < 1.29 is 0 Å². The van der Waals surface area contributed by atoms with Crippen LogP contribution in [0, 0.1) is 0 Å². The summed E-state index contributed by atoms with van der Waals surface area (Å²) < 4.78 is 2.22. The second-order valence-corrected chi connectivity index (χ2v) is 7.60. The molecule has 0 bridgehead atoms. The molecule has 0 aliphatic heterocycles. The highest BCUT2D eigenvalue weighted by molar-refractivity contribution is 9.11. The number of rotatable bonds is 2. The first kappa shape index (κ1) is 13.8. The molecule has 0 heterocycles. The summed E-state index contributed by atoms with van der Waals surface area (Å²) in [5.74, 6) is 0. The number of hydrogen-bond donors (Lipinski definition) is 0. The van der Waals surface area contributed by atoms with Crippen molar-refractivity contribution in [2.45, 2.75) is 24.1 Å². The normalized spacial score (nSPS) is 15.3. The predicted octanol–water partition coefficient (Wildman–Crippen LogP) is 6.18. The number of alkyl halides is 1. The van der Waals surface area contributed by atoms with Crippen LogP contribution < -0.4 is 0 Å². The first-order chi connectivity index (χ1) is 9.15. The lowest BCUT2D eigenvalue weighted by Gasteiger charge is -2.14. The molecule has 2 aromatic carbocycles. The highest BCUT2D eigenvalue weighted by Gasteiger charge is 2.17. The summed E-state index contributed by atoms with van der Waals surface area (Å²) in [6.07, 6.45) is 3.77. The van der Waals surface area contributed by atoms with Gasteiger partial charge in [-0.3, -0.25) is 0 Å². The van der Waals surface area contributed by atoms with E-state index in [0.717, 1.165) is 8.95 Å². The lowest BCUT2D eigenvalue weighted by molar-refractivity contribution is 0.911. The maximum Gasteiger partial charge on any atom is 0.0655 e. The van der Waals surface area contributed by atoms with Gasteiger partial charge in [-0.2, -0.15) is 0 Å². The highest BCUT2D eigenvalue weighted by Crippen LogP contribution is 2.38. The monoisotopic (exact) mass is 442 g/mol. The molecule has 1 aliphatic rings. The fourth-order valence-corrected chi connectivity index (χ4v) is 4.90. The quantitative estimate of drug-likeness (QED) is 0.485. The Labute approximate surface area is 139 Å². The summed E-state index contributed by atoms with van der Waals surface area (Å²) in [7, 11) is 0. The van der Waals surface area contributed by atoms with Crippen molar-refractivity contribution in [1.29, 1.82) is 0 Å². The molecule has 2 aromatic rings. The van der Waals surface area contributed by atoms with Gasteiger partial charge in [0, 0.05) is 8.95 Å². The van der Waals surface area contributed by atoms with Crippen LogP contribution in [-0.4, -0.2) is 0 Å². The molecule has 0 saturated carbocycles. The van der Waals surface area contributed by atoms with Gasteiger partial charge in [0.05, 0.1) is 4.83 Å². The molecule has 1 atom stereocenters. The van der Waals surface area contributed by atoms with E-state index in [-0.39, 0.29) is 4.83 Å². The van der Waals surface area contributed by atoms with E-state index in [9.17, 15) is 0 Å². The summed E-state index contributed by atoms with van der Waals surface area (Å²) in [6, 6.07) is 13.2. The Bertz CT molecular complexity index is 619. The molecular formula is C16H13Br3. The van der Waals surface area contributed by atoms with Gasteiger partial charge in [0.15, 0.2) is 0 Å². The van der Waals surface area contributed by atoms with E-state index in [1.165, 1.54) is 41.5 Å². The van der Waals surface area contributed by atoms with Gasteiger partial charge < -0.3 is 0 Å². The largest absolute Gasteiger partial charge is 0.0786 e. The second-order valence-electron chi connectivity index (χ2n) is 4.91. The number of hydrogen-bond acceptors (Lipinski definition) is 0. The maximum atomic E-state index is 3.83. The molecule has 0 nitrogen and oxygen atoms in total. The van der Waals surface area contributed by atoms with E-state index in [1.807, 2.05) is 0 Å². The Morgan fingerprint density at radius 1 is 0.895 bits per heavy atom. The predicted molar refractivity (Wildman–Crippen MR) is 91.1 cm³/mol. The molecule has 3 heteroatoms. The van der Waals surface area contributed by atoms with Crippen molar-refractivity contribution >= 4 is 47.8 Å². The van der Waals surface area contributed by atoms with Crippen LogP contribution in [-0.2, 0) is 12.8 Å². The SMILES string of the molecule is Brc1ccc(C(Br)c2ccc3c(c2)CCC3)c(Br)c1. The van der Waals surface area contributed by atoms with E-state index in [4.69, 9.17) is 0 Å². The summed E-state index contributed by atoms with van der Waals surface area (Å²) in [5, 5.41) is 0. The topological polar surface area (TPSA) is 0 Å². The van der Waals surface area contributed by atoms with Crippen LogP contribution >= 0.6 is 47.8 Å². The lowest BCUT2D eigenvalue weighted by atomic mass is 10.0. The minimum atomic E-state index is 0.237. The third-order valence-corrected chi connectivity index (χ3v) is 5.85. The second kappa shape index (κ2) is 5.71. The molecule has 3 rings (SSSR count). The van der Waals surface area contributed by atoms with Gasteiger partial charge in [-0.05, 0) is 53.6 Å². The van der Waals surface area contributed by atoms with Crippen molar-refractivity contribution in [3.63, 3.8) is 0 Å².